The lowest BCUT2D eigenvalue weighted by molar-refractivity contribution is -0.147. The van der Waals surface area contributed by atoms with Gasteiger partial charge in [0.2, 0.25) is 5.78 Å². The quantitative estimate of drug-likeness (QED) is 0.371. The van der Waals surface area contributed by atoms with Gasteiger partial charge in [-0.3, -0.25) is 9.59 Å². The lowest BCUT2D eigenvalue weighted by Crippen LogP contribution is -2.21. The van der Waals surface area contributed by atoms with Gasteiger partial charge < -0.3 is 4.74 Å². The molecule has 3 nitrogen and oxygen atoms in total. The van der Waals surface area contributed by atoms with Crippen LogP contribution in [0.2, 0.25) is 0 Å². The van der Waals surface area contributed by atoms with E-state index in [9.17, 15) is 9.59 Å². The van der Waals surface area contributed by atoms with E-state index in [0.29, 0.717) is 11.1 Å². The van der Waals surface area contributed by atoms with Crippen LogP contribution >= 0.6 is 0 Å². The van der Waals surface area contributed by atoms with Gasteiger partial charge in [-0.1, -0.05) is 96.9 Å². The Hall–Kier alpha value is -3.20. The molecule has 0 amide bonds. The third-order valence-electron chi connectivity index (χ3n) is 5.05. The third-order valence-corrected chi connectivity index (χ3v) is 5.05. The molecule has 3 rings (SSSR count). The highest BCUT2D eigenvalue weighted by Gasteiger charge is 2.27. The molecule has 0 bridgehead atoms. The first-order valence-electron chi connectivity index (χ1n) is 9.86. The summed E-state index contributed by atoms with van der Waals surface area (Å²) in [6, 6.07) is 24.7. The molecule has 3 heteroatoms. The Balaban J connectivity index is 1.81. The lowest BCUT2D eigenvalue weighted by atomic mass is 9.97. The number of esters is 1. The van der Waals surface area contributed by atoms with Crippen molar-refractivity contribution in [3.05, 3.63) is 107 Å². The monoisotopic (exact) mass is 386 g/mol. The molecule has 0 fully saturated rings. The molecule has 0 saturated heterocycles. The summed E-state index contributed by atoms with van der Waals surface area (Å²) in [5.74, 6) is -0.584. The van der Waals surface area contributed by atoms with E-state index in [1.165, 1.54) is 0 Å². The summed E-state index contributed by atoms with van der Waals surface area (Å²) in [7, 11) is 0. The first kappa shape index (κ1) is 20.5. The Morgan fingerprint density at radius 2 is 1.31 bits per heavy atom. The fourth-order valence-electron chi connectivity index (χ4n) is 3.21. The number of hydrogen-bond acceptors (Lipinski definition) is 3. The molecule has 0 aliphatic rings. The maximum absolute atomic E-state index is 13.2. The molecule has 0 unspecified atom stereocenters. The van der Waals surface area contributed by atoms with Crippen LogP contribution in [0.1, 0.15) is 58.0 Å². The minimum atomic E-state index is -0.950. The maximum Gasteiger partial charge on any atom is 0.307 e. The normalized spacial score (nSPS) is 12.8. The van der Waals surface area contributed by atoms with Crippen molar-refractivity contribution >= 4 is 11.8 Å². The van der Waals surface area contributed by atoms with Gasteiger partial charge in [-0.2, -0.15) is 0 Å². The fraction of sp³-hybridized carbons (Fsp3) is 0.231. The zero-order valence-electron chi connectivity index (χ0n) is 17.1. The van der Waals surface area contributed by atoms with Gasteiger partial charge in [0.1, 0.15) is 0 Å². The highest BCUT2D eigenvalue weighted by molar-refractivity contribution is 6.01. The van der Waals surface area contributed by atoms with Crippen LogP contribution in [0.5, 0.6) is 0 Å². The minimum Gasteiger partial charge on any atom is -0.449 e. The van der Waals surface area contributed by atoms with E-state index in [-0.39, 0.29) is 24.1 Å². The van der Waals surface area contributed by atoms with Crippen LogP contribution in [0, 0.1) is 13.8 Å². The first-order chi connectivity index (χ1) is 13.9. The van der Waals surface area contributed by atoms with Gasteiger partial charge in [0.25, 0.3) is 0 Å². The average molecular weight is 386 g/mol. The highest BCUT2D eigenvalue weighted by atomic mass is 16.5. The molecule has 0 spiro atoms. The number of rotatable bonds is 7. The summed E-state index contributed by atoms with van der Waals surface area (Å²) in [5.41, 5.74) is 4.44. The number of aryl methyl sites for hydroxylation is 2. The van der Waals surface area contributed by atoms with E-state index in [0.717, 1.165) is 16.7 Å². The number of benzene rings is 3. The molecule has 0 saturated carbocycles. The van der Waals surface area contributed by atoms with Gasteiger partial charge in [-0.15, -0.1) is 0 Å². The van der Waals surface area contributed by atoms with Crippen molar-refractivity contribution in [3.63, 3.8) is 0 Å². The van der Waals surface area contributed by atoms with Crippen molar-refractivity contribution in [2.24, 2.45) is 0 Å². The average Bonchev–Trinajstić information content (AvgIpc) is 2.73. The largest absolute Gasteiger partial charge is 0.449 e. The molecule has 0 aliphatic carbocycles. The van der Waals surface area contributed by atoms with Crippen LogP contribution in [-0.2, 0) is 9.53 Å². The summed E-state index contributed by atoms with van der Waals surface area (Å²) < 4.78 is 5.73. The zero-order chi connectivity index (χ0) is 20.8. The lowest BCUT2D eigenvalue weighted by Gasteiger charge is -2.19. The smallest absolute Gasteiger partial charge is 0.307 e. The van der Waals surface area contributed by atoms with Crippen molar-refractivity contribution < 1.29 is 14.3 Å². The van der Waals surface area contributed by atoms with Crippen LogP contribution < -0.4 is 0 Å². The third kappa shape index (κ3) is 5.41. The van der Waals surface area contributed by atoms with Crippen LogP contribution in [0.4, 0.5) is 0 Å². The Labute approximate surface area is 172 Å². The van der Waals surface area contributed by atoms with Gasteiger partial charge >= 0.3 is 5.97 Å². The van der Waals surface area contributed by atoms with Crippen LogP contribution in [0.25, 0.3) is 0 Å². The topological polar surface area (TPSA) is 43.4 Å². The number of ketones is 1. The molecule has 148 valence electrons. The van der Waals surface area contributed by atoms with Gasteiger partial charge in [0.15, 0.2) is 6.10 Å². The SMILES string of the molecule is Cc1ccc(C(=O)[C@H](OC(=O)C[C@H](C)c2ccccc2)c2ccc(C)cc2)cc1. The van der Waals surface area contributed by atoms with Gasteiger partial charge in [-0.05, 0) is 25.3 Å². The van der Waals surface area contributed by atoms with Gasteiger partial charge in [-0.25, -0.2) is 0 Å². The summed E-state index contributed by atoms with van der Waals surface area (Å²) in [5, 5.41) is 0. The second-order valence-electron chi connectivity index (χ2n) is 7.53. The molecule has 3 aromatic rings. The Bertz CT molecular complexity index is 957. The van der Waals surface area contributed by atoms with Crippen LogP contribution in [-0.4, -0.2) is 11.8 Å². The Morgan fingerprint density at radius 3 is 1.90 bits per heavy atom. The standard InChI is InChI=1S/C26H26O3/c1-18-9-13-22(14-10-18)25(28)26(23-15-11-19(2)12-16-23)29-24(27)17-20(3)21-7-5-4-6-8-21/h4-16,20,26H,17H2,1-3H3/t20-,26+/m0/s1. The molecule has 2 atom stereocenters. The van der Waals surface area contributed by atoms with Crippen molar-refractivity contribution in [2.45, 2.75) is 39.2 Å². The van der Waals surface area contributed by atoms with E-state index >= 15 is 0 Å². The summed E-state index contributed by atoms with van der Waals surface area (Å²) in [6.07, 6.45) is -0.734. The molecule has 0 N–H and O–H groups in total. The zero-order valence-corrected chi connectivity index (χ0v) is 17.1. The maximum atomic E-state index is 13.2. The predicted octanol–water partition coefficient (Wildman–Crippen LogP) is 5.96. The number of Topliss-reactive ketones (excluding diaryl/α,β-unsaturated/α-hetero) is 1. The van der Waals surface area contributed by atoms with E-state index in [1.54, 1.807) is 12.1 Å². The molecule has 29 heavy (non-hydrogen) atoms. The first-order valence-corrected chi connectivity index (χ1v) is 9.86. The summed E-state index contributed by atoms with van der Waals surface area (Å²) >= 11 is 0. The van der Waals surface area contributed by atoms with Crippen molar-refractivity contribution in [1.29, 1.82) is 0 Å². The van der Waals surface area contributed by atoms with Gasteiger partial charge in [0.05, 0.1) is 6.42 Å². The Kier molecular flexibility index (Phi) is 6.61. The Morgan fingerprint density at radius 1 is 0.759 bits per heavy atom. The summed E-state index contributed by atoms with van der Waals surface area (Å²) in [4.78, 5) is 25.8. The molecular formula is C26H26O3. The van der Waals surface area contributed by atoms with Crippen molar-refractivity contribution in [1.82, 2.24) is 0 Å². The number of hydrogen-bond donors (Lipinski definition) is 0. The molecule has 0 radical (unpaired) electrons. The highest BCUT2D eigenvalue weighted by Crippen LogP contribution is 2.26. The molecule has 3 aromatic carbocycles. The second-order valence-corrected chi connectivity index (χ2v) is 7.53. The van der Waals surface area contributed by atoms with E-state index in [4.69, 9.17) is 4.74 Å². The second kappa shape index (κ2) is 9.33. The molecular weight excluding hydrogens is 360 g/mol. The van der Waals surface area contributed by atoms with Crippen LogP contribution in [0.3, 0.4) is 0 Å². The van der Waals surface area contributed by atoms with Crippen molar-refractivity contribution in [3.8, 4) is 0 Å². The van der Waals surface area contributed by atoms with Gasteiger partial charge in [0, 0.05) is 11.1 Å². The summed E-state index contributed by atoms with van der Waals surface area (Å²) in [6.45, 7) is 5.93. The van der Waals surface area contributed by atoms with E-state index < -0.39 is 6.10 Å². The molecule has 0 aromatic heterocycles. The number of carbonyl (C=O) groups is 2. The number of carbonyl (C=O) groups excluding carboxylic acids is 2. The minimum absolute atomic E-state index is 0.0110. The molecule has 0 aliphatic heterocycles. The number of ether oxygens (including phenoxy) is 1. The fourth-order valence-corrected chi connectivity index (χ4v) is 3.21. The van der Waals surface area contributed by atoms with Crippen LogP contribution in [0.15, 0.2) is 78.9 Å². The predicted molar refractivity (Wildman–Crippen MR) is 115 cm³/mol. The van der Waals surface area contributed by atoms with E-state index in [1.807, 2.05) is 87.5 Å². The molecule has 0 heterocycles. The van der Waals surface area contributed by atoms with Crippen molar-refractivity contribution in [2.75, 3.05) is 0 Å². The van der Waals surface area contributed by atoms with E-state index in [2.05, 4.69) is 0 Å².